The molecule has 0 aliphatic carbocycles. The van der Waals surface area contributed by atoms with Crippen LogP contribution < -0.4 is 9.64 Å². The van der Waals surface area contributed by atoms with Crippen molar-refractivity contribution in [3.63, 3.8) is 0 Å². The van der Waals surface area contributed by atoms with Crippen molar-refractivity contribution in [3.8, 4) is 6.01 Å². The molecule has 0 bridgehead atoms. The van der Waals surface area contributed by atoms with Gasteiger partial charge in [-0.05, 0) is 71.7 Å². The molecule has 6 rings (SSSR count). The van der Waals surface area contributed by atoms with Crippen LogP contribution >= 0.6 is 0 Å². The topological polar surface area (TPSA) is 83.4 Å². The molecule has 0 saturated carbocycles. The second kappa shape index (κ2) is 13.0. The Bertz CT molecular complexity index is 1760. The lowest BCUT2D eigenvalue weighted by Gasteiger charge is -2.31. The Morgan fingerprint density at radius 3 is 2.65 bits per heavy atom. The van der Waals surface area contributed by atoms with Crippen molar-refractivity contribution in [1.29, 1.82) is 0 Å². The third-order valence-electron chi connectivity index (χ3n) is 9.71. The largest absolute Gasteiger partial charge is 0.461 e. The number of aromatic nitrogens is 2. The van der Waals surface area contributed by atoms with Gasteiger partial charge in [0, 0.05) is 55.7 Å². The van der Waals surface area contributed by atoms with E-state index in [1.807, 2.05) is 32.7 Å². The average Bonchev–Trinajstić information content (AvgIpc) is 3.75. The minimum atomic E-state index is -0.942. The summed E-state index contributed by atoms with van der Waals surface area (Å²) < 4.78 is 58.3. The highest BCUT2D eigenvalue weighted by molar-refractivity contribution is 6.00. The number of amides is 1. The van der Waals surface area contributed by atoms with Crippen LogP contribution in [-0.4, -0.2) is 95.8 Å². The monoisotopic (exact) mass is 664 g/mol. The predicted octanol–water partition coefficient (Wildman–Crippen LogP) is 6.97. The number of anilines is 1. The molecule has 12 heteroatoms. The van der Waals surface area contributed by atoms with Gasteiger partial charge in [0.05, 0.1) is 5.54 Å². The molecule has 2 aromatic carbocycles. The van der Waals surface area contributed by atoms with Gasteiger partial charge in [0.15, 0.2) is 5.83 Å². The van der Waals surface area contributed by atoms with Crippen LogP contribution in [-0.2, 0) is 4.74 Å². The van der Waals surface area contributed by atoms with E-state index in [0.29, 0.717) is 49.2 Å². The number of fused-ring (bicyclic) bond motifs is 2. The van der Waals surface area contributed by atoms with Crippen LogP contribution in [0.3, 0.4) is 0 Å². The Morgan fingerprint density at radius 2 is 1.92 bits per heavy atom. The minimum absolute atomic E-state index is 0.0642. The van der Waals surface area contributed by atoms with E-state index in [9.17, 15) is 9.18 Å². The summed E-state index contributed by atoms with van der Waals surface area (Å²) in [5, 5.41) is 0.804. The first-order chi connectivity index (χ1) is 22.8. The number of likely N-dealkylation sites (tertiary alicyclic amines) is 1. The summed E-state index contributed by atoms with van der Waals surface area (Å²) in [5.74, 6) is -0.920. The molecule has 3 fully saturated rings. The molecule has 256 valence electrons. The van der Waals surface area contributed by atoms with Gasteiger partial charge in [-0.25, -0.2) is 18.0 Å². The fourth-order valence-corrected chi connectivity index (χ4v) is 7.35. The van der Waals surface area contributed by atoms with Gasteiger partial charge >= 0.3 is 12.1 Å². The molecule has 4 heterocycles. The molecular formula is C36H43F3N6O3. The lowest BCUT2D eigenvalue weighted by Crippen LogP contribution is -2.43. The van der Waals surface area contributed by atoms with Crippen molar-refractivity contribution < 1.29 is 27.4 Å². The zero-order chi connectivity index (χ0) is 34.4. The van der Waals surface area contributed by atoms with E-state index in [2.05, 4.69) is 21.6 Å². The fraction of sp³-hybridized carbons (Fsp3) is 0.500. The Balaban J connectivity index is 1.40. The first-order valence-electron chi connectivity index (χ1n) is 16.5. The van der Waals surface area contributed by atoms with Gasteiger partial charge in [-0.15, -0.1) is 0 Å². The molecule has 3 aromatic rings. The summed E-state index contributed by atoms with van der Waals surface area (Å²) in [6.45, 7) is 13.0. The highest BCUT2D eigenvalue weighted by Crippen LogP contribution is 2.41. The number of ether oxygens (including phenoxy) is 2. The van der Waals surface area contributed by atoms with Crippen LogP contribution in [0.4, 0.5) is 23.8 Å². The van der Waals surface area contributed by atoms with Crippen LogP contribution in [0.2, 0.25) is 0 Å². The van der Waals surface area contributed by atoms with Gasteiger partial charge < -0.3 is 19.3 Å². The minimum Gasteiger partial charge on any atom is -0.461 e. The number of likely N-dealkylation sites (N-methyl/N-ethyl adjacent to an activating group) is 1. The second-order valence-electron chi connectivity index (χ2n) is 14.1. The van der Waals surface area contributed by atoms with Crippen molar-refractivity contribution >= 4 is 40.9 Å². The van der Waals surface area contributed by atoms with Gasteiger partial charge in [0.25, 0.3) is 0 Å². The number of alkyl halides is 1. The van der Waals surface area contributed by atoms with Gasteiger partial charge in [0.2, 0.25) is 0 Å². The molecule has 0 spiro atoms. The third-order valence-corrected chi connectivity index (χ3v) is 9.71. The van der Waals surface area contributed by atoms with Gasteiger partial charge in [-0.1, -0.05) is 30.3 Å². The molecule has 0 N–H and O–H groups in total. The van der Waals surface area contributed by atoms with E-state index in [0.717, 1.165) is 19.4 Å². The number of benzene rings is 2. The van der Waals surface area contributed by atoms with Crippen molar-refractivity contribution in [2.24, 2.45) is 4.99 Å². The SMILES string of the molecule is C=N/C(=C(/F)c1nc(OC[C@@]23CCCN2C[C@H](F)C3)nc(N(C)[C@@H]2CCN(C(=O)OC(C)(C)C)C2)c1C)c1cccc2cccc(F)c12. The highest BCUT2D eigenvalue weighted by atomic mass is 19.1. The predicted molar refractivity (Wildman–Crippen MR) is 181 cm³/mol. The first-order valence-corrected chi connectivity index (χ1v) is 16.5. The van der Waals surface area contributed by atoms with Crippen LogP contribution in [0.15, 0.2) is 41.4 Å². The fourth-order valence-electron chi connectivity index (χ4n) is 7.35. The average molecular weight is 665 g/mol. The molecule has 3 saturated heterocycles. The number of halogens is 3. The summed E-state index contributed by atoms with van der Waals surface area (Å²) in [5.41, 5.74) is -0.698. The summed E-state index contributed by atoms with van der Waals surface area (Å²) in [4.78, 5) is 31.8. The zero-order valence-corrected chi connectivity index (χ0v) is 28.2. The third kappa shape index (κ3) is 6.46. The van der Waals surface area contributed by atoms with E-state index in [1.165, 1.54) is 6.07 Å². The maximum absolute atomic E-state index is 16.9. The van der Waals surface area contributed by atoms with Crippen LogP contribution in [0.5, 0.6) is 6.01 Å². The molecule has 48 heavy (non-hydrogen) atoms. The standard InChI is InChI=1S/C36H43F3N6O3/c1-22-30(29(39)31(40-5)26-12-7-10-23-11-8-13-27(38)28(23)26)41-33(47-21-36-15-9-16-45(36)19-24(37)18-36)42-32(22)43(6)25-14-17-44(20-25)34(46)48-35(2,3)4/h7-8,10-13,24-25H,5,9,14-21H2,1-4,6H3/b31-29+/t24-,25-,36+/m1/s1. The van der Waals surface area contributed by atoms with E-state index >= 15 is 8.78 Å². The molecule has 1 aromatic heterocycles. The van der Waals surface area contributed by atoms with Gasteiger partial charge in [-0.2, -0.15) is 9.97 Å². The van der Waals surface area contributed by atoms with E-state index < -0.39 is 35.0 Å². The maximum Gasteiger partial charge on any atom is 0.410 e. The van der Waals surface area contributed by atoms with Crippen LogP contribution in [0.25, 0.3) is 22.3 Å². The molecule has 0 radical (unpaired) electrons. The molecule has 3 atom stereocenters. The van der Waals surface area contributed by atoms with Crippen molar-refractivity contribution in [2.75, 3.05) is 44.7 Å². The van der Waals surface area contributed by atoms with E-state index in [4.69, 9.17) is 14.5 Å². The number of hydrogen-bond acceptors (Lipinski definition) is 8. The molecule has 3 aliphatic heterocycles. The number of carbonyl (C=O) groups excluding carboxylic acids is 1. The van der Waals surface area contributed by atoms with Gasteiger partial charge in [0.1, 0.15) is 41.4 Å². The summed E-state index contributed by atoms with van der Waals surface area (Å²) in [6, 6.07) is 9.48. The van der Waals surface area contributed by atoms with E-state index in [1.54, 1.807) is 42.2 Å². The summed E-state index contributed by atoms with van der Waals surface area (Å²) in [6.07, 6.45) is 1.37. The van der Waals surface area contributed by atoms with Crippen LogP contribution in [0, 0.1) is 12.7 Å². The quantitative estimate of drug-likeness (QED) is 0.241. The van der Waals surface area contributed by atoms with Crippen molar-refractivity contribution in [2.45, 2.75) is 76.7 Å². The Hall–Kier alpha value is -4.19. The Kier molecular flexibility index (Phi) is 9.14. The number of hydrogen-bond donors (Lipinski definition) is 0. The summed E-state index contributed by atoms with van der Waals surface area (Å²) >= 11 is 0. The number of aliphatic imine (C=N–C) groups is 1. The molecule has 9 nitrogen and oxygen atoms in total. The molecule has 1 amide bonds. The normalized spacial score (nSPS) is 23.3. The maximum atomic E-state index is 16.9. The van der Waals surface area contributed by atoms with Gasteiger partial charge in [-0.3, -0.25) is 9.89 Å². The van der Waals surface area contributed by atoms with E-state index in [-0.39, 0.29) is 41.0 Å². The number of carbonyl (C=O) groups is 1. The Labute approximate surface area is 279 Å². The zero-order valence-electron chi connectivity index (χ0n) is 28.2. The Morgan fingerprint density at radius 1 is 1.17 bits per heavy atom. The first kappa shape index (κ1) is 33.7. The van der Waals surface area contributed by atoms with Crippen molar-refractivity contribution in [3.05, 3.63) is 59.0 Å². The lowest BCUT2D eigenvalue weighted by molar-refractivity contribution is 0.0292. The lowest BCUT2D eigenvalue weighted by atomic mass is 9.95. The highest BCUT2D eigenvalue weighted by Gasteiger charge is 2.49. The number of nitrogens with zero attached hydrogens (tertiary/aromatic N) is 6. The molecular weight excluding hydrogens is 621 g/mol. The van der Waals surface area contributed by atoms with Crippen LogP contribution in [0.1, 0.15) is 63.3 Å². The summed E-state index contributed by atoms with van der Waals surface area (Å²) in [7, 11) is 1.84. The smallest absolute Gasteiger partial charge is 0.410 e. The molecule has 0 unspecified atom stereocenters. The number of rotatable bonds is 8. The van der Waals surface area contributed by atoms with Crippen molar-refractivity contribution in [1.82, 2.24) is 19.8 Å². The second-order valence-corrected chi connectivity index (χ2v) is 14.1. The molecule has 3 aliphatic rings.